The van der Waals surface area contributed by atoms with Crippen molar-refractivity contribution in [1.29, 1.82) is 0 Å². The maximum atomic E-state index is 11.4. The Labute approximate surface area is 171 Å². The minimum atomic E-state index is -2.92. The van der Waals surface area contributed by atoms with Crippen molar-refractivity contribution in [2.45, 2.75) is 0 Å². The van der Waals surface area contributed by atoms with Gasteiger partial charge in [0.05, 0.1) is 5.56 Å². The second-order valence-electron chi connectivity index (χ2n) is 6.71. The molecule has 0 fully saturated rings. The van der Waals surface area contributed by atoms with Gasteiger partial charge in [0.25, 0.3) is 0 Å². The number of benzene rings is 4. The fraction of sp³-hybridized carbons (Fsp3) is 0. The summed E-state index contributed by atoms with van der Waals surface area (Å²) >= 11 is 0. The first-order valence-electron chi connectivity index (χ1n) is 9.39. The third-order valence-corrected chi connectivity index (χ3v) is 8.89. The van der Waals surface area contributed by atoms with Crippen LogP contribution in [0, 0.1) is 0 Å². The van der Waals surface area contributed by atoms with Gasteiger partial charge in [0.15, 0.2) is 0 Å². The lowest BCUT2D eigenvalue weighted by molar-refractivity contribution is 0.0697. The molecule has 29 heavy (non-hydrogen) atoms. The second kappa shape index (κ2) is 8.16. The molecular weight excluding hydrogens is 376 g/mol. The van der Waals surface area contributed by atoms with E-state index in [1.54, 1.807) is 12.1 Å². The largest absolute Gasteiger partial charge is 0.530 e. The average Bonchev–Trinajstić information content (AvgIpc) is 2.79. The van der Waals surface area contributed by atoms with Crippen molar-refractivity contribution in [3.05, 3.63) is 121 Å². The molecule has 4 aromatic rings. The standard InChI is InChI=1S/C25H20O3Si/c26-25(27)20-16-18-24(19-17-20)29(22-12-6-2-7-13-22,23-14-8-3-9-15-23)28-21-10-4-1-5-11-21/h1-19H,(H,26,27). The zero-order chi connectivity index (χ0) is 20.1. The van der Waals surface area contributed by atoms with Gasteiger partial charge in [-0.15, -0.1) is 0 Å². The van der Waals surface area contributed by atoms with Crippen LogP contribution < -0.4 is 20.0 Å². The smallest absolute Gasteiger partial charge is 0.346 e. The lowest BCUT2D eigenvalue weighted by Gasteiger charge is -2.33. The molecule has 0 aliphatic heterocycles. The van der Waals surface area contributed by atoms with Gasteiger partial charge in [0, 0.05) is 0 Å². The molecule has 0 saturated carbocycles. The van der Waals surface area contributed by atoms with Gasteiger partial charge in [-0.25, -0.2) is 4.79 Å². The number of para-hydroxylation sites is 1. The SMILES string of the molecule is O=C(O)c1ccc([Si](Oc2ccccc2)(c2ccccc2)c2ccccc2)cc1. The Balaban J connectivity index is 1.98. The Kier molecular flexibility index (Phi) is 5.27. The predicted molar refractivity (Wildman–Crippen MR) is 118 cm³/mol. The number of rotatable bonds is 6. The first-order valence-corrected chi connectivity index (χ1v) is 11.3. The topological polar surface area (TPSA) is 46.5 Å². The number of carbonyl (C=O) groups is 1. The normalized spacial score (nSPS) is 11.0. The van der Waals surface area contributed by atoms with Gasteiger partial charge in [-0.2, -0.15) is 0 Å². The molecule has 4 heteroatoms. The van der Waals surface area contributed by atoms with E-state index in [1.807, 2.05) is 78.9 Å². The van der Waals surface area contributed by atoms with E-state index in [2.05, 4.69) is 24.3 Å². The lowest BCUT2D eigenvalue weighted by Crippen LogP contribution is -2.71. The lowest BCUT2D eigenvalue weighted by atomic mass is 10.2. The molecule has 0 spiro atoms. The summed E-state index contributed by atoms with van der Waals surface area (Å²) in [5.74, 6) is -0.151. The third kappa shape index (κ3) is 3.70. The van der Waals surface area contributed by atoms with E-state index >= 15 is 0 Å². The number of aromatic carboxylic acids is 1. The van der Waals surface area contributed by atoms with Gasteiger partial charge in [0.1, 0.15) is 5.75 Å². The highest BCUT2D eigenvalue weighted by molar-refractivity contribution is 7.07. The van der Waals surface area contributed by atoms with Crippen LogP contribution in [0.1, 0.15) is 10.4 Å². The van der Waals surface area contributed by atoms with Gasteiger partial charge >= 0.3 is 14.3 Å². The number of hydrogen-bond donors (Lipinski definition) is 1. The van der Waals surface area contributed by atoms with Crippen LogP contribution >= 0.6 is 0 Å². The van der Waals surface area contributed by atoms with E-state index in [-0.39, 0.29) is 5.56 Å². The van der Waals surface area contributed by atoms with E-state index in [9.17, 15) is 9.90 Å². The van der Waals surface area contributed by atoms with Crippen molar-refractivity contribution in [3.63, 3.8) is 0 Å². The molecule has 0 aliphatic rings. The van der Waals surface area contributed by atoms with Crippen LogP contribution in [0.5, 0.6) is 5.75 Å². The first-order chi connectivity index (χ1) is 14.2. The predicted octanol–water partition coefficient (Wildman–Crippen LogP) is 3.43. The van der Waals surface area contributed by atoms with Crippen LogP contribution in [0.3, 0.4) is 0 Å². The summed E-state index contributed by atoms with van der Waals surface area (Å²) in [7, 11) is -2.92. The quantitative estimate of drug-likeness (QED) is 0.401. The number of carboxylic acid groups (broad SMARTS) is 1. The van der Waals surface area contributed by atoms with Crippen molar-refractivity contribution >= 4 is 29.8 Å². The maximum Gasteiger partial charge on any atom is 0.346 e. The molecule has 0 unspecified atom stereocenters. The Hall–Kier alpha value is -3.63. The molecule has 0 aliphatic carbocycles. The highest BCUT2D eigenvalue weighted by Crippen LogP contribution is 2.17. The Morgan fingerprint density at radius 3 is 1.45 bits per heavy atom. The van der Waals surface area contributed by atoms with E-state index in [0.717, 1.165) is 21.3 Å². The van der Waals surface area contributed by atoms with E-state index in [1.165, 1.54) is 0 Å². The van der Waals surface area contributed by atoms with Gasteiger partial charge in [-0.1, -0.05) is 91.0 Å². The van der Waals surface area contributed by atoms with Crippen molar-refractivity contribution in [2.24, 2.45) is 0 Å². The van der Waals surface area contributed by atoms with Crippen LogP contribution in [0.2, 0.25) is 0 Å². The van der Waals surface area contributed by atoms with E-state index in [4.69, 9.17) is 4.43 Å². The highest BCUT2D eigenvalue weighted by Gasteiger charge is 2.44. The highest BCUT2D eigenvalue weighted by atomic mass is 28.4. The summed E-state index contributed by atoms with van der Waals surface area (Å²) in [5.41, 5.74) is 0.262. The fourth-order valence-corrected chi connectivity index (χ4v) is 7.34. The molecule has 3 nitrogen and oxygen atoms in total. The molecule has 0 atom stereocenters. The molecule has 0 radical (unpaired) electrons. The zero-order valence-corrected chi connectivity index (χ0v) is 16.7. The monoisotopic (exact) mass is 396 g/mol. The summed E-state index contributed by atoms with van der Waals surface area (Å²) < 4.78 is 6.85. The van der Waals surface area contributed by atoms with Gasteiger partial charge in [0.2, 0.25) is 0 Å². The third-order valence-electron chi connectivity index (χ3n) is 4.91. The van der Waals surface area contributed by atoms with Crippen molar-refractivity contribution in [3.8, 4) is 5.75 Å². The van der Waals surface area contributed by atoms with Crippen LogP contribution in [0.4, 0.5) is 0 Å². The minimum Gasteiger partial charge on any atom is -0.530 e. The Morgan fingerprint density at radius 1 is 0.586 bits per heavy atom. The van der Waals surface area contributed by atoms with Crippen molar-refractivity contribution in [2.75, 3.05) is 0 Å². The van der Waals surface area contributed by atoms with Gasteiger partial charge < -0.3 is 9.53 Å². The van der Waals surface area contributed by atoms with E-state index in [0.29, 0.717) is 0 Å². The van der Waals surface area contributed by atoms with Gasteiger partial charge in [-0.3, -0.25) is 0 Å². The fourth-order valence-electron chi connectivity index (χ4n) is 3.54. The van der Waals surface area contributed by atoms with Crippen LogP contribution in [0.15, 0.2) is 115 Å². The number of hydrogen-bond acceptors (Lipinski definition) is 2. The molecule has 4 rings (SSSR count). The van der Waals surface area contributed by atoms with Gasteiger partial charge in [-0.05, 0) is 39.8 Å². The van der Waals surface area contributed by atoms with Crippen LogP contribution in [-0.4, -0.2) is 19.4 Å². The van der Waals surface area contributed by atoms with Crippen LogP contribution in [-0.2, 0) is 0 Å². The summed E-state index contributed by atoms with van der Waals surface area (Å²) in [6.45, 7) is 0. The molecule has 142 valence electrons. The number of carboxylic acids is 1. The Bertz CT molecular complexity index is 1040. The van der Waals surface area contributed by atoms with Crippen molar-refractivity contribution in [1.82, 2.24) is 0 Å². The summed E-state index contributed by atoms with van der Waals surface area (Å²) in [6.07, 6.45) is 0. The molecule has 0 saturated heterocycles. The molecular formula is C25H20O3Si. The minimum absolute atomic E-state index is 0.262. The second-order valence-corrected chi connectivity index (χ2v) is 10.0. The molecule has 0 amide bonds. The Morgan fingerprint density at radius 2 is 1.00 bits per heavy atom. The molecule has 0 bridgehead atoms. The summed E-state index contributed by atoms with van der Waals surface area (Å²) in [5, 5.41) is 12.5. The average molecular weight is 397 g/mol. The van der Waals surface area contributed by atoms with E-state index < -0.39 is 14.3 Å². The molecule has 0 aromatic heterocycles. The first kappa shape index (κ1) is 18.7. The summed E-state index contributed by atoms with van der Waals surface area (Å²) in [4.78, 5) is 11.4. The van der Waals surface area contributed by atoms with Crippen LogP contribution in [0.25, 0.3) is 0 Å². The molecule has 4 aromatic carbocycles. The zero-order valence-electron chi connectivity index (χ0n) is 15.7. The van der Waals surface area contributed by atoms with Crippen molar-refractivity contribution < 1.29 is 14.3 Å². The maximum absolute atomic E-state index is 11.4. The molecule has 1 N–H and O–H groups in total. The summed E-state index contributed by atoms with van der Waals surface area (Å²) in [6, 6.07) is 37.3. The molecule has 0 heterocycles.